The first-order valence-corrected chi connectivity index (χ1v) is 7.55. The highest BCUT2D eigenvalue weighted by atomic mass is 32.1. The van der Waals surface area contributed by atoms with Crippen LogP contribution in [0.2, 0.25) is 0 Å². The van der Waals surface area contributed by atoms with Crippen LogP contribution in [0.3, 0.4) is 0 Å². The standard InChI is InChI=1S/C12H15N3O2S2/c1-2-7-3-4-8(19-7)5-14-12-15-9(6-18-12)10(13)11(16)17/h3-4,6,10H,2,5,13H2,1H3,(H,14,15)(H,16,17). The predicted octanol–water partition coefficient (Wildman–Crippen LogP) is 2.46. The lowest BCUT2D eigenvalue weighted by atomic mass is 10.2. The molecule has 7 heteroatoms. The van der Waals surface area contributed by atoms with Gasteiger partial charge in [0.2, 0.25) is 0 Å². The molecule has 2 aromatic heterocycles. The Balaban J connectivity index is 1.95. The first-order valence-electron chi connectivity index (χ1n) is 5.85. The van der Waals surface area contributed by atoms with Crippen LogP contribution in [0.15, 0.2) is 17.5 Å². The van der Waals surface area contributed by atoms with Crippen molar-refractivity contribution in [1.82, 2.24) is 4.98 Å². The summed E-state index contributed by atoms with van der Waals surface area (Å²) in [6.07, 6.45) is 1.04. The lowest BCUT2D eigenvalue weighted by Crippen LogP contribution is -2.20. The molecule has 4 N–H and O–H groups in total. The van der Waals surface area contributed by atoms with Crippen molar-refractivity contribution >= 4 is 33.8 Å². The highest BCUT2D eigenvalue weighted by Gasteiger charge is 2.17. The number of nitrogens with one attached hydrogen (secondary N) is 1. The molecule has 0 aliphatic rings. The minimum atomic E-state index is -1.07. The average Bonchev–Trinajstić information content (AvgIpc) is 3.04. The van der Waals surface area contributed by atoms with Crippen LogP contribution in [0.25, 0.3) is 0 Å². The van der Waals surface area contributed by atoms with Crippen LogP contribution < -0.4 is 11.1 Å². The molecule has 1 unspecified atom stereocenters. The number of carbonyl (C=O) groups is 1. The summed E-state index contributed by atoms with van der Waals surface area (Å²) in [7, 11) is 0. The molecule has 2 heterocycles. The van der Waals surface area contributed by atoms with Gasteiger partial charge in [-0.05, 0) is 18.6 Å². The summed E-state index contributed by atoms with van der Waals surface area (Å²) in [5.41, 5.74) is 5.89. The Morgan fingerprint density at radius 3 is 2.89 bits per heavy atom. The number of nitrogens with two attached hydrogens (primary N) is 1. The van der Waals surface area contributed by atoms with E-state index in [0.29, 0.717) is 17.4 Å². The summed E-state index contributed by atoms with van der Waals surface area (Å²) in [5.74, 6) is -1.07. The molecule has 2 aromatic rings. The number of thiophene rings is 1. The molecule has 0 aliphatic carbocycles. The number of anilines is 1. The summed E-state index contributed by atoms with van der Waals surface area (Å²) in [6, 6.07) is 3.16. The van der Waals surface area contributed by atoms with Crippen molar-refractivity contribution in [2.75, 3.05) is 5.32 Å². The Morgan fingerprint density at radius 2 is 2.26 bits per heavy atom. The third kappa shape index (κ3) is 3.52. The number of carboxylic acids is 1. The fourth-order valence-corrected chi connectivity index (χ4v) is 3.15. The van der Waals surface area contributed by atoms with Crippen molar-refractivity contribution in [3.63, 3.8) is 0 Å². The maximum Gasteiger partial charge on any atom is 0.326 e. The van der Waals surface area contributed by atoms with Gasteiger partial charge in [0.05, 0.1) is 12.2 Å². The minimum absolute atomic E-state index is 0.389. The molecule has 0 radical (unpaired) electrons. The van der Waals surface area contributed by atoms with Gasteiger partial charge >= 0.3 is 5.97 Å². The second-order valence-corrected chi connectivity index (χ2v) is 6.08. The molecule has 0 aliphatic heterocycles. The molecule has 19 heavy (non-hydrogen) atoms. The number of aromatic nitrogens is 1. The monoisotopic (exact) mass is 297 g/mol. The van der Waals surface area contributed by atoms with Crippen LogP contribution >= 0.6 is 22.7 Å². The number of rotatable bonds is 6. The van der Waals surface area contributed by atoms with Gasteiger partial charge in [-0.2, -0.15) is 0 Å². The second kappa shape index (κ2) is 6.14. The Bertz CT molecular complexity index is 565. The van der Waals surface area contributed by atoms with Crippen molar-refractivity contribution in [3.05, 3.63) is 33.0 Å². The minimum Gasteiger partial charge on any atom is -0.480 e. The first-order chi connectivity index (χ1) is 9.10. The van der Waals surface area contributed by atoms with Gasteiger partial charge in [-0.15, -0.1) is 22.7 Å². The van der Waals surface area contributed by atoms with E-state index in [0.717, 1.165) is 6.42 Å². The van der Waals surface area contributed by atoms with Crippen LogP contribution in [0.4, 0.5) is 5.13 Å². The first kappa shape index (κ1) is 14.0. The van der Waals surface area contributed by atoms with E-state index < -0.39 is 12.0 Å². The third-order valence-electron chi connectivity index (χ3n) is 2.59. The quantitative estimate of drug-likeness (QED) is 0.762. The molecular formula is C12H15N3O2S2. The van der Waals surface area contributed by atoms with E-state index in [1.54, 1.807) is 16.7 Å². The van der Waals surface area contributed by atoms with E-state index in [9.17, 15) is 4.79 Å². The van der Waals surface area contributed by atoms with E-state index >= 15 is 0 Å². The highest BCUT2D eigenvalue weighted by molar-refractivity contribution is 7.14. The van der Waals surface area contributed by atoms with Crippen LogP contribution in [-0.4, -0.2) is 16.1 Å². The predicted molar refractivity (Wildman–Crippen MR) is 77.7 cm³/mol. The number of aliphatic carboxylic acids is 1. The van der Waals surface area contributed by atoms with Gasteiger partial charge in [-0.1, -0.05) is 6.92 Å². The molecule has 0 saturated carbocycles. The fraction of sp³-hybridized carbons (Fsp3) is 0.333. The number of nitrogens with zero attached hydrogens (tertiary/aromatic N) is 1. The highest BCUT2D eigenvalue weighted by Crippen LogP contribution is 2.22. The molecule has 0 spiro atoms. The normalized spacial score (nSPS) is 12.3. The molecule has 0 fully saturated rings. The van der Waals surface area contributed by atoms with Crippen molar-refractivity contribution in [2.24, 2.45) is 5.73 Å². The lowest BCUT2D eigenvalue weighted by Gasteiger charge is -2.01. The average molecular weight is 297 g/mol. The maximum atomic E-state index is 10.7. The Morgan fingerprint density at radius 1 is 1.53 bits per heavy atom. The zero-order valence-electron chi connectivity index (χ0n) is 10.4. The number of thiazole rings is 1. The lowest BCUT2D eigenvalue weighted by molar-refractivity contribution is -0.138. The largest absolute Gasteiger partial charge is 0.480 e. The molecular weight excluding hydrogens is 282 g/mol. The van der Waals surface area contributed by atoms with E-state index in [-0.39, 0.29) is 0 Å². The fourth-order valence-electron chi connectivity index (χ4n) is 1.51. The topological polar surface area (TPSA) is 88.2 Å². The summed E-state index contributed by atoms with van der Waals surface area (Å²) >= 11 is 3.13. The number of aryl methyl sites for hydroxylation is 1. The van der Waals surface area contributed by atoms with Crippen molar-refractivity contribution in [3.8, 4) is 0 Å². The molecule has 0 saturated heterocycles. The van der Waals surface area contributed by atoms with Gasteiger partial charge in [0.15, 0.2) is 5.13 Å². The molecule has 0 aromatic carbocycles. The smallest absolute Gasteiger partial charge is 0.326 e. The maximum absolute atomic E-state index is 10.7. The SMILES string of the molecule is CCc1ccc(CNc2nc(C(N)C(=O)O)cs2)s1. The van der Waals surface area contributed by atoms with Crippen LogP contribution in [0.5, 0.6) is 0 Å². The van der Waals surface area contributed by atoms with Gasteiger partial charge in [0.1, 0.15) is 6.04 Å². The molecule has 0 bridgehead atoms. The number of hydrogen-bond donors (Lipinski definition) is 3. The van der Waals surface area contributed by atoms with Gasteiger partial charge < -0.3 is 16.2 Å². The van der Waals surface area contributed by atoms with Gasteiger partial charge in [0.25, 0.3) is 0 Å². The van der Waals surface area contributed by atoms with E-state index in [2.05, 4.69) is 29.4 Å². The summed E-state index contributed by atoms with van der Waals surface area (Å²) in [5, 5.41) is 14.4. The number of carboxylic acid groups (broad SMARTS) is 1. The van der Waals surface area contributed by atoms with Crippen LogP contribution in [0, 0.1) is 0 Å². The van der Waals surface area contributed by atoms with Crippen LogP contribution in [0.1, 0.15) is 28.4 Å². The van der Waals surface area contributed by atoms with Crippen LogP contribution in [-0.2, 0) is 17.8 Å². The van der Waals surface area contributed by atoms with E-state index in [4.69, 9.17) is 10.8 Å². The molecule has 102 valence electrons. The second-order valence-electron chi connectivity index (χ2n) is 3.97. The Labute approximate surface area is 119 Å². The summed E-state index contributed by atoms with van der Waals surface area (Å²) in [6.45, 7) is 2.82. The molecule has 2 rings (SSSR count). The van der Waals surface area contributed by atoms with Gasteiger partial charge in [-0.25, -0.2) is 4.98 Å². The van der Waals surface area contributed by atoms with Crippen molar-refractivity contribution < 1.29 is 9.90 Å². The van der Waals surface area contributed by atoms with E-state index in [1.807, 2.05) is 0 Å². The van der Waals surface area contributed by atoms with E-state index in [1.165, 1.54) is 21.1 Å². The Hall–Kier alpha value is -1.44. The van der Waals surface area contributed by atoms with Gasteiger partial charge in [-0.3, -0.25) is 4.79 Å². The number of hydrogen-bond acceptors (Lipinski definition) is 6. The summed E-state index contributed by atoms with van der Waals surface area (Å²) in [4.78, 5) is 17.5. The zero-order chi connectivity index (χ0) is 13.8. The summed E-state index contributed by atoms with van der Waals surface area (Å²) < 4.78 is 0. The Kier molecular flexibility index (Phi) is 4.52. The molecule has 0 amide bonds. The molecule has 1 atom stereocenters. The third-order valence-corrected chi connectivity index (χ3v) is 4.63. The molecule has 5 nitrogen and oxygen atoms in total. The van der Waals surface area contributed by atoms with Crippen molar-refractivity contribution in [2.45, 2.75) is 25.9 Å². The van der Waals surface area contributed by atoms with Crippen molar-refractivity contribution in [1.29, 1.82) is 0 Å². The zero-order valence-corrected chi connectivity index (χ0v) is 12.1. The van der Waals surface area contributed by atoms with Gasteiger partial charge in [0, 0.05) is 15.1 Å².